The summed E-state index contributed by atoms with van der Waals surface area (Å²) in [6.45, 7) is 4.59. The molecule has 0 fully saturated rings. The van der Waals surface area contributed by atoms with E-state index in [4.69, 9.17) is 10.5 Å². The fourth-order valence-electron chi connectivity index (χ4n) is 1.86. The number of nitrogens with one attached hydrogen (secondary N) is 1. The summed E-state index contributed by atoms with van der Waals surface area (Å²) < 4.78 is 5.40. The zero-order valence-electron chi connectivity index (χ0n) is 11.3. The van der Waals surface area contributed by atoms with Crippen molar-refractivity contribution in [2.24, 2.45) is 0 Å². The van der Waals surface area contributed by atoms with Gasteiger partial charge in [0.05, 0.1) is 12.3 Å². The van der Waals surface area contributed by atoms with Crippen molar-refractivity contribution < 1.29 is 4.74 Å². The first-order valence-corrected chi connectivity index (χ1v) is 6.48. The molecule has 0 radical (unpaired) electrons. The van der Waals surface area contributed by atoms with E-state index < -0.39 is 0 Å². The molecular weight excluding hydrogens is 238 g/mol. The highest BCUT2D eigenvalue weighted by molar-refractivity contribution is 5.63. The van der Waals surface area contributed by atoms with Crippen molar-refractivity contribution >= 4 is 17.2 Å². The molecule has 1 heterocycles. The lowest BCUT2D eigenvalue weighted by molar-refractivity contribution is 0.329. The van der Waals surface area contributed by atoms with Crippen LogP contribution in [-0.2, 0) is 6.42 Å². The Hall–Kier alpha value is -2.23. The summed E-state index contributed by atoms with van der Waals surface area (Å²) in [5.41, 5.74) is 8.67. The predicted molar refractivity (Wildman–Crippen MR) is 78.9 cm³/mol. The molecule has 0 bridgehead atoms. The van der Waals surface area contributed by atoms with Gasteiger partial charge in [0.15, 0.2) is 0 Å². The molecule has 0 aliphatic carbocycles. The fraction of sp³-hybridized carbons (Fsp3) is 0.267. The summed E-state index contributed by atoms with van der Waals surface area (Å²) in [7, 11) is 0. The summed E-state index contributed by atoms with van der Waals surface area (Å²) in [6, 6.07) is 11.8. The topological polar surface area (TPSA) is 60.2 Å². The third-order valence-electron chi connectivity index (χ3n) is 2.83. The highest BCUT2D eigenvalue weighted by Gasteiger charge is 2.05. The van der Waals surface area contributed by atoms with Crippen molar-refractivity contribution in [1.29, 1.82) is 0 Å². The standard InChI is InChI=1S/C15H19N3O/c1-3-11-7-5-6-8-13(11)17-14-10-9-12(16)15(18-14)19-4-2/h5-10H,3-4,16H2,1-2H3,(H,17,18). The van der Waals surface area contributed by atoms with Crippen LogP contribution < -0.4 is 15.8 Å². The number of para-hydroxylation sites is 1. The van der Waals surface area contributed by atoms with Gasteiger partial charge >= 0.3 is 0 Å². The normalized spacial score (nSPS) is 10.2. The van der Waals surface area contributed by atoms with Crippen LogP contribution in [0.3, 0.4) is 0 Å². The minimum Gasteiger partial charge on any atom is -0.476 e. The Bertz CT molecular complexity index is 555. The van der Waals surface area contributed by atoms with Gasteiger partial charge in [0.1, 0.15) is 5.82 Å². The van der Waals surface area contributed by atoms with Crippen molar-refractivity contribution in [3.05, 3.63) is 42.0 Å². The van der Waals surface area contributed by atoms with Crippen molar-refractivity contribution in [1.82, 2.24) is 4.98 Å². The number of hydrogen-bond donors (Lipinski definition) is 2. The van der Waals surface area contributed by atoms with E-state index >= 15 is 0 Å². The molecule has 4 heteroatoms. The summed E-state index contributed by atoms with van der Waals surface area (Å²) in [5.74, 6) is 1.21. The molecule has 1 aromatic heterocycles. The number of nitrogen functional groups attached to an aromatic ring is 1. The van der Waals surface area contributed by atoms with E-state index in [2.05, 4.69) is 23.3 Å². The largest absolute Gasteiger partial charge is 0.476 e. The molecule has 0 saturated heterocycles. The van der Waals surface area contributed by atoms with E-state index in [-0.39, 0.29) is 0 Å². The van der Waals surface area contributed by atoms with Gasteiger partial charge in [-0.05, 0) is 37.1 Å². The molecule has 19 heavy (non-hydrogen) atoms. The smallest absolute Gasteiger partial charge is 0.239 e. The Morgan fingerprint density at radius 3 is 2.68 bits per heavy atom. The Kier molecular flexibility index (Phi) is 4.23. The molecule has 2 aromatic rings. The van der Waals surface area contributed by atoms with Gasteiger partial charge in [-0.15, -0.1) is 0 Å². The lowest BCUT2D eigenvalue weighted by atomic mass is 10.1. The van der Waals surface area contributed by atoms with Gasteiger partial charge in [-0.2, -0.15) is 4.98 Å². The van der Waals surface area contributed by atoms with Crippen LogP contribution in [0, 0.1) is 0 Å². The van der Waals surface area contributed by atoms with E-state index in [1.165, 1.54) is 5.56 Å². The number of hydrogen-bond acceptors (Lipinski definition) is 4. The minimum absolute atomic E-state index is 0.474. The van der Waals surface area contributed by atoms with E-state index in [9.17, 15) is 0 Å². The number of ether oxygens (including phenoxy) is 1. The maximum absolute atomic E-state index is 5.81. The summed E-state index contributed by atoms with van der Waals surface area (Å²) in [6.07, 6.45) is 0.969. The number of pyridine rings is 1. The lowest BCUT2D eigenvalue weighted by Crippen LogP contribution is -2.03. The number of rotatable bonds is 5. The first-order valence-electron chi connectivity index (χ1n) is 6.48. The van der Waals surface area contributed by atoms with Crippen LogP contribution in [0.5, 0.6) is 5.88 Å². The number of nitrogens with zero attached hydrogens (tertiary/aromatic N) is 1. The summed E-state index contributed by atoms with van der Waals surface area (Å²) in [4.78, 5) is 4.37. The average Bonchev–Trinajstić information content (AvgIpc) is 2.43. The maximum Gasteiger partial charge on any atom is 0.239 e. The molecule has 0 aliphatic rings. The predicted octanol–water partition coefficient (Wildman–Crippen LogP) is 3.37. The van der Waals surface area contributed by atoms with Gasteiger partial charge in [0.2, 0.25) is 5.88 Å². The zero-order chi connectivity index (χ0) is 13.7. The average molecular weight is 257 g/mol. The van der Waals surface area contributed by atoms with Crippen LogP contribution >= 0.6 is 0 Å². The van der Waals surface area contributed by atoms with E-state index in [1.807, 2.05) is 31.2 Å². The molecule has 0 atom stereocenters. The molecule has 2 rings (SSSR count). The lowest BCUT2D eigenvalue weighted by Gasteiger charge is -2.12. The van der Waals surface area contributed by atoms with Crippen LogP contribution in [0.4, 0.5) is 17.2 Å². The van der Waals surface area contributed by atoms with Gasteiger partial charge in [-0.25, -0.2) is 0 Å². The number of anilines is 3. The SMILES string of the molecule is CCOc1nc(Nc2ccccc2CC)ccc1N. The first kappa shape index (κ1) is 13.2. The number of nitrogens with two attached hydrogens (primary N) is 1. The second kappa shape index (κ2) is 6.09. The van der Waals surface area contributed by atoms with Crippen molar-refractivity contribution in [3.63, 3.8) is 0 Å². The van der Waals surface area contributed by atoms with Crippen LogP contribution in [0.2, 0.25) is 0 Å². The maximum atomic E-state index is 5.81. The Morgan fingerprint density at radius 1 is 1.16 bits per heavy atom. The Labute approximate surface area is 113 Å². The molecule has 0 aliphatic heterocycles. The Morgan fingerprint density at radius 2 is 1.95 bits per heavy atom. The molecule has 4 nitrogen and oxygen atoms in total. The molecule has 0 unspecified atom stereocenters. The van der Waals surface area contributed by atoms with Crippen molar-refractivity contribution in [2.75, 3.05) is 17.7 Å². The molecule has 1 aromatic carbocycles. The Balaban J connectivity index is 2.25. The second-order valence-electron chi connectivity index (χ2n) is 4.16. The molecule has 0 spiro atoms. The zero-order valence-corrected chi connectivity index (χ0v) is 11.3. The molecule has 100 valence electrons. The van der Waals surface area contributed by atoms with E-state index in [0.717, 1.165) is 17.9 Å². The van der Waals surface area contributed by atoms with Gasteiger partial charge in [0, 0.05) is 5.69 Å². The van der Waals surface area contributed by atoms with Crippen LogP contribution in [0.1, 0.15) is 19.4 Å². The van der Waals surface area contributed by atoms with E-state index in [0.29, 0.717) is 18.2 Å². The van der Waals surface area contributed by atoms with Crippen molar-refractivity contribution in [3.8, 4) is 5.88 Å². The molecular formula is C15H19N3O. The van der Waals surface area contributed by atoms with Crippen LogP contribution in [0.25, 0.3) is 0 Å². The molecule has 3 N–H and O–H groups in total. The molecule has 0 saturated carbocycles. The molecule has 0 amide bonds. The van der Waals surface area contributed by atoms with Gasteiger partial charge in [0.25, 0.3) is 0 Å². The fourth-order valence-corrected chi connectivity index (χ4v) is 1.86. The minimum atomic E-state index is 0.474. The monoisotopic (exact) mass is 257 g/mol. The number of aromatic nitrogens is 1. The van der Waals surface area contributed by atoms with E-state index in [1.54, 1.807) is 6.07 Å². The van der Waals surface area contributed by atoms with Gasteiger partial charge < -0.3 is 15.8 Å². The summed E-state index contributed by atoms with van der Waals surface area (Å²) >= 11 is 0. The number of aryl methyl sites for hydroxylation is 1. The number of benzene rings is 1. The highest BCUT2D eigenvalue weighted by Crippen LogP contribution is 2.25. The third-order valence-corrected chi connectivity index (χ3v) is 2.83. The van der Waals surface area contributed by atoms with Crippen LogP contribution in [-0.4, -0.2) is 11.6 Å². The first-order chi connectivity index (χ1) is 9.24. The van der Waals surface area contributed by atoms with Crippen LogP contribution in [0.15, 0.2) is 36.4 Å². The second-order valence-corrected chi connectivity index (χ2v) is 4.16. The third kappa shape index (κ3) is 3.16. The van der Waals surface area contributed by atoms with Gasteiger partial charge in [-0.1, -0.05) is 25.1 Å². The van der Waals surface area contributed by atoms with Crippen molar-refractivity contribution in [2.45, 2.75) is 20.3 Å². The highest BCUT2D eigenvalue weighted by atomic mass is 16.5. The quantitative estimate of drug-likeness (QED) is 0.862. The van der Waals surface area contributed by atoms with Gasteiger partial charge in [-0.3, -0.25) is 0 Å². The summed E-state index contributed by atoms with van der Waals surface area (Å²) in [5, 5.41) is 3.30.